The third kappa shape index (κ3) is 5.11. The van der Waals surface area contributed by atoms with Crippen molar-refractivity contribution in [3.05, 3.63) is 0 Å². The maximum Gasteiger partial charge on any atom is 0.234 e. The standard InChI is InChI=1S/C15H29N3O/c1-2-16-10-13-6-5-9-18(11-13)12-15(19)17-14-7-3-4-8-14/h13-14,16H,2-12H2,1H3,(H,17,19). The Kier molecular flexibility index (Phi) is 6.11. The molecule has 4 heteroatoms. The molecule has 2 rings (SSSR count). The molecule has 0 radical (unpaired) electrons. The van der Waals surface area contributed by atoms with E-state index in [-0.39, 0.29) is 5.91 Å². The molecule has 110 valence electrons. The Labute approximate surface area is 117 Å². The van der Waals surface area contributed by atoms with Crippen LogP contribution >= 0.6 is 0 Å². The van der Waals surface area contributed by atoms with Gasteiger partial charge in [0.1, 0.15) is 0 Å². The monoisotopic (exact) mass is 267 g/mol. The first-order valence-corrected chi connectivity index (χ1v) is 8.00. The number of carbonyl (C=O) groups is 1. The van der Waals surface area contributed by atoms with Gasteiger partial charge in [-0.2, -0.15) is 0 Å². The summed E-state index contributed by atoms with van der Waals surface area (Å²) in [6, 6.07) is 0.454. The molecular formula is C15H29N3O. The highest BCUT2D eigenvalue weighted by Gasteiger charge is 2.23. The Balaban J connectivity index is 1.67. The van der Waals surface area contributed by atoms with Crippen LogP contribution < -0.4 is 10.6 Å². The van der Waals surface area contributed by atoms with Crippen LogP contribution in [-0.2, 0) is 4.79 Å². The maximum absolute atomic E-state index is 12.0. The summed E-state index contributed by atoms with van der Waals surface area (Å²) in [5.74, 6) is 0.948. The van der Waals surface area contributed by atoms with Crippen molar-refractivity contribution >= 4 is 5.91 Å². The largest absolute Gasteiger partial charge is 0.352 e. The van der Waals surface area contributed by atoms with Gasteiger partial charge in [-0.25, -0.2) is 0 Å². The molecule has 1 heterocycles. The van der Waals surface area contributed by atoms with Crippen LogP contribution in [0.15, 0.2) is 0 Å². The third-order valence-corrected chi connectivity index (χ3v) is 4.37. The lowest BCUT2D eigenvalue weighted by Crippen LogP contribution is -2.46. The number of likely N-dealkylation sites (tertiary alicyclic amines) is 1. The van der Waals surface area contributed by atoms with E-state index in [0.29, 0.717) is 18.5 Å². The Hall–Kier alpha value is -0.610. The first kappa shape index (κ1) is 14.8. The van der Waals surface area contributed by atoms with Gasteiger partial charge in [-0.15, -0.1) is 0 Å². The zero-order chi connectivity index (χ0) is 13.5. The summed E-state index contributed by atoms with van der Waals surface area (Å²) in [6.07, 6.45) is 7.43. The molecular weight excluding hydrogens is 238 g/mol. The summed E-state index contributed by atoms with van der Waals surface area (Å²) in [4.78, 5) is 14.3. The van der Waals surface area contributed by atoms with E-state index in [9.17, 15) is 4.79 Å². The predicted octanol–water partition coefficient (Wildman–Crippen LogP) is 1.37. The molecule has 2 fully saturated rings. The Morgan fingerprint density at radius 1 is 1.21 bits per heavy atom. The van der Waals surface area contributed by atoms with Gasteiger partial charge in [0.15, 0.2) is 0 Å². The Morgan fingerprint density at radius 3 is 2.74 bits per heavy atom. The number of carbonyl (C=O) groups excluding carboxylic acids is 1. The topological polar surface area (TPSA) is 44.4 Å². The van der Waals surface area contributed by atoms with E-state index in [2.05, 4.69) is 22.5 Å². The van der Waals surface area contributed by atoms with Crippen LogP contribution in [0.4, 0.5) is 0 Å². The fraction of sp³-hybridized carbons (Fsp3) is 0.933. The number of hydrogen-bond donors (Lipinski definition) is 2. The molecule has 1 amide bonds. The highest BCUT2D eigenvalue weighted by Crippen LogP contribution is 2.18. The highest BCUT2D eigenvalue weighted by atomic mass is 16.2. The fourth-order valence-corrected chi connectivity index (χ4v) is 3.36. The van der Waals surface area contributed by atoms with Gasteiger partial charge in [-0.05, 0) is 51.2 Å². The van der Waals surface area contributed by atoms with Crippen molar-refractivity contribution in [2.45, 2.75) is 51.5 Å². The highest BCUT2D eigenvalue weighted by molar-refractivity contribution is 5.78. The van der Waals surface area contributed by atoms with Gasteiger partial charge in [0.25, 0.3) is 0 Å². The van der Waals surface area contributed by atoms with Gasteiger partial charge in [-0.1, -0.05) is 19.8 Å². The number of rotatable bonds is 6. The van der Waals surface area contributed by atoms with Crippen LogP contribution in [0.3, 0.4) is 0 Å². The number of amides is 1. The minimum absolute atomic E-state index is 0.232. The van der Waals surface area contributed by atoms with Gasteiger partial charge < -0.3 is 10.6 Å². The lowest BCUT2D eigenvalue weighted by atomic mass is 9.98. The molecule has 0 aromatic rings. The molecule has 19 heavy (non-hydrogen) atoms. The Morgan fingerprint density at radius 2 is 2.00 bits per heavy atom. The van der Waals surface area contributed by atoms with Crippen molar-refractivity contribution in [1.29, 1.82) is 0 Å². The number of nitrogens with one attached hydrogen (secondary N) is 2. The lowest BCUT2D eigenvalue weighted by Gasteiger charge is -2.32. The summed E-state index contributed by atoms with van der Waals surface area (Å²) in [5, 5.41) is 6.61. The van der Waals surface area contributed by atoms with E-state index >= 15 is 0 Å². The van der Waals surface area contributed by atoms with Gasteiger partial charge in [0, 0.05) is 12.6 Å². The summed E-state index contributed by atoms with van der Waals surface area (Å²) in [6.45, 7) is 7.04. The summed E-state index contributed by atoms with van der Waals surface area (Å²) in [7, 11) is 0. The van der Waals surface area contributed by atoms with E-state index in [0.717, 1.165) is 26.2 Å². The fourth-order valence-electron chi connectivity index (χ4n) is 3.36. The first-order chi connectivity index (χ1) is 9.28. The molecule has 1 saturated heterocycles. The summed E-state index contributed by atoms with van der Waals surface area (Å²) < 4.78 is 0. The molecule has 4 nitrogen and oxygen atoms in total. The minimum Gasteiger partial charge on any atom is -0.352 e. The van der Waals surface area contributed by atoms with Gasteiger partial charge >= 0.3 is 0 Å². The molecule has 0 bridgehead atoms. The van der Waals surface area contributed by atoms with E-state index < -0.39 is 0 Å². The smallest absolute Gasteiger partial charge is 0.234 e. The van der Waals surface area contributed by atoms with E-state index in [1.54, 1.807) is 0 Å². The van der Waals surface area contributed by atoms with Crippen LogP contribution in [0.1, 0.15) is 45.4 Å². The van der Waals surface area contributed by atoms with E-state index in [1.807, 2.05) is 0 Å². The van der Waals surface area contributed by atoms with Crippen LogP contribution in [-0.4, -0.2) is 49.6 Å². The van der Waals surface area contributed by atoms with Crippen molar-refractivity contribution in [2.24, 2.45) is 5.92 Å². The van der Waals surface area contributed by atoms with Crippen LogP contribution in [0.2, 0.25) is 0 Å². The SMILES string of the molecule is CCNCC1CCCN(CC(=O)NC2CCCC2)C1. The van der Waals surface area contributed by atoms with Crippen molar-refractivity contribution in [1.82, 2.24) is 15.5 Å². The molecule has 1 aliphatic carbocycles. The Bertz CT molecular complexity index is 277. The molecule has 0 aromatic carbocycles. The average Bonchev–Trinajstić information content (AvgIpc) is 2.89. The van der Waals surface area contributed by atoms with Crippen molar-refractivity contribution < 1.29 is 4.79 Å². The van der Waals surface area contributed by atoms with Crippen LogP contribution in [0, 0.1) is 5.92 Å². The summed E-state index contributed by atoms with van der Waals surface area (Å²) in [5.41, 5.74) is 0. The number of piperidine rings is 1. The van der Waals surface area contributed by atoms with Crippen LogP contribution in [0.25, 0.3) is 0 Å². The predicted molar refractivity (Wildman–Crippen MR) is 78.1 cm³/mol. The quantitative estimate of drug-likeness (QED) is 0.764. The third-order valence-electron chi connectivity index (χ3n) is 4.37. The van der Waals surface area contributed by atoms with Gasteiger partial charge in [0.2, 0.25) is 5.91 Å². The minimum atomic E-state index is 0.232. The number of nitrogens with zero attached hydrogens (tertiary/aromatic N) is 1. The van der Waals surface area contributed by atoms with Gasteiger partial charge in [-0.3, -0.25) is 9.69 Å². The molecule has 2 aliphatic rings. The van der Waals surface area contributed by atoms with Crippen molar-refractivity contribution in [3.63, 3.8) is 0 Å². The molecule has 1 unspecified atom stereocenters. The molecule has 1 saturated carbocycles. The van der Waals surface area contributed by atoms with Gasteiger partial charge in [0.05, 0.1) is 6.54 Å². The molecule has 2 N–H and O–H groups in total. The second kappa shape index (κ2) is 7.85. The van der Waals surface area contributed by atoms with E-state index in [4.69, 9.17) is 0 Å². The van der Waals surface area contributed by atoms with Crippen molar-refractivity contribution in [2.75, 3.05) is 32.7 Å². The van der Waals surface area contributed by atoms with E-state index in [1.165, 1.54) is 38.5 Å². The molecule has 0 spiro atoms. The molecule has 1 atom stereocenters. The molecule has 1 aliphatic heterocycles. The zero-order valence-corrected chi connectivity index (χ0v) is 12.3. The average molecular weight is 267 g/mol. The number of hydrogen-bond acceptors (Lipinski definition) is 3. The second-order valence-corrected chi connectivity index (χ2v) is 6.10. The van der Waals surface area contributed by atoms with Crippen LogP contribution in [0.5, 0.6) is 0 Å². The maximum atomic E-state index is 12.0. The zero-order valence-electron chi connectivity index (χ0n) is 12.3. The van der Waals surface area contributed by atoms with Crippen molar-refractivity contribution in [3.8, 4) is 0 Å². The summed E-state index contributed by atoms with van der Waals surface area (Å²) >= 11 is 0. The first-order valence-electron chi connectivity index (χ1n) is 8.00. The lowest BCUT2D eigenvalue weighted by molar-refractivity contribution is -0.123. The second-order valence-electron chi connectivity index (χ2n) is 6.10. The molecule has 0 aromatic heterocycles. The normalized spacial score (nSPS) is 25.6.